The molecule has 1 aliphatic carbocycles. The zero-order valence-corrected chi connectivity index (χ0v) is 14.6. The molecule has 2 rings (SSSR count). The van der Waals surface area contributed by atoms with Crippen LogP contribution in [0.5, 0.6) is 0 Å². The second-order valence-corrected chi connectivity index (χ2v) is 6.64. The Bertz CT molecular complexity index is 450. The predicted octanol–water partition coefficient (Wildman–Crippen LogP) is 4.70. The quantitative estimate of drug-likeness (QED) is 0.823. The van der Waals surface area contributed by atoms with E-state index >= 15 is 0 Å². The molecule has 1 fully saturated rings. The number of hydrogen-bond donors (Lipinski definition) is 1. The van der Waals surface area contributed by atoms with Crippen molar-refractivity contribution in [3.05, 3.63) is 17.0 Å². The number of aromatic nitrogens is 2. The minimum absolute atomic E-state index is 0.453. The molecule has 1 aromatic heterocycles. The summed E-state index contributed by atoms with van der Waals surface area (Å²) in [5.41, 5.74) is 4.05. The summed E-state index contributed by atoms with van der Waals surface area (Å²) in [4.78, 5) is 0. The first kappa shape index (κ1) is 16.5. The molecule has 3 atom stereocenters. The lowest BCUT2D eigenvalue weighted by Crippen LogP contribution is -2.23. The molecule has 1 N–H and O–H groups in total. The van der Waals surface area contributed by atoms with Crippen LogP contribution < -0.4 is 5.32 Å². The fourth-order valence-electron chi connectivity index (χ4n) is 4.09. The average molecular weight is 291 g/mol. The van der Waals surface area contributed by atoms with Gasteiger partial charge in [0.15, 0.2) is 0 Å². The molecule has 3 heteroatoms. The molecule has 0 bridgehead atoms. The van der Waals surface area contributed by atoms with Crippen LogP contribution in [0.3, 0.4) is 0 Å². The molecule has 3 nitrogen and oxygen atoms in total. The van der Waals surface area contributed by atoms with E-state index in [0.717, 1.165) is 18.9 Å². The Morgan fingerprint density at radius 3 is 2.62 bits per heavy atom. The van der Waals surface area contributed by atoms with E-state index in [1.54, 1.807) is 0 Å². The van der Waals surface area contributed by atoms with Crippen LogP contribution in [0.2, 0.25) is 0 Å². The summed E-state index contributed by atoms with van der Waals surface area (Å²) in [6, 6.07) is 1.07. The van der Waals surface area contributed by atoms with Crippen LogP contribution in [0.1, 0.15) is 88.3 Å². The molecule has 1 heterocycles. The van der Waals surface area contributed by atoms with Crippen LogP contribution in [0.15, 0.2) is 0 Å². The molecule has 1 saturated carbocycles. The fourth-order valence-corrected chi connectivity index (χ4v) is 4.09. The van der Waals surface area contributed by atoms with E-state index in [9.17, 15) is 0 Å². The number of nitrogens with one attached hydrogen (secondary N) is 1. The standard InChI is InChI=1S/C18H33N3/c1-6-15-10-9-11-16(12-15)21-14(5)18(13(4)20-21)17(7-2)19-8-3/h15-17,19H,6-12H2,1-5H3. The second kappa shape index (κ2) is 7.44. The van der Waals surface area contributed by atoms with E-state index in [4.69, 9.17) is 5.10 Å². The van der Waals surface area contributed by atoms with Gasteiger partial charge in [0.2, 0.25) is 0 Å². The maximum Gasteiger partial charge on any atom is 0.0644 e. The highest BCUT2D eigenvalue weighted by Crippen LogP contribution is 2.36. The number of rotatable bonds is 6. The number of nitrogens with zero attached hydrogens (tertiary/aromatic N) is 2. The van der Waals surface area contributed by atoms with E-state index in [0.29, 0.717) is 12.1 Å². The van der Waals surface area contributed by atoms with Crippen molar-refractivity contribution in [1.29, 1.82) is 0 Å². The van der Waals surface area contributed by atoms with Crippen molar-refractivity contribution in [2.75, 3.05) is 6.54 Å². The monoisotopic (exact) mass is 291 g/mol. The van der Waals surface area contributed by atoms with Crippen molar-refractivity contribution in [2.45, 2.75) is 85.2 Å². The van der Waals surface area contributed by atoms with Crippen LogP contribution in [0.25, 0.3) is 0 Å². The summed E-state index contributed by atoms with van der Waals surface area (Å²) >= 11 is 0. The van der Waals surface area contributed by atoms with Crippen molar-refractivity contribution in [1.82, 2.24) is 15.1 Å². The molecule has 0 amide bonds. The van der Waals surface area contributed by atoms with Crippen molar-refractivity contribution in [3.8, 4) is 0 Å². The molecule has 3 unspecified atom stereocenters. The molecular weight excluding hydrogens is 258 g/mol. The first-order valence-electron chi connectivity index (χ1n) is 8.91. The Balaban J connectivity index is 2.25. The van der Waals surface area contributed by atoms with E-state index in [1.807, 2.05) is 0 Å². The molecule has 0 saturated heterocycles. The van der Waals surface area contributed by atoms with Crippen molar-refractivity contribution < 1.29 is 0 Å². The summed E-state index contributed by atoms with van der Waals surface area (Å²) in [7, 11) is 0. The Kier molecular flexibility index (Phi) is 5.86. The molecule has 1 aliphatic rings. The van der Waals surface area contributed by atoms with Crippen molar-refractivity contribution >= 4 is 0 Å². The highest BCUT2D eigenvalue weighted by molar-refractivity contribution is 5.28. The van der Waals surface area contributed by atoms with Crippen molar-refractivity contribution in [2.24, 2.45) is 5.92 Å². The summed E-state index contributed by atoms with van der Waals surface area (Å²) in [5.74, 6) is 0.895. The predicted molar refractivity (Wildman–Crippen MR) is 89.7 cm³/mol. The summed E-state index contributed by atoms with van der Waals surface area (Å²) in [5, 5.41) is 8.54. The third-order valence-electron chi connectivity index (χ3n) is 5.27. The van der Waals surface area contributed by atoms with E-state index in [2.05, 4.69) is 44.6 Å². The molecule has 1 aromatic rings. The van der Waals surface area contributed by atoms with Gasteiger partial charge in [0, 0.05) is 17.3 Å². The molecular formula is C18H33N3. The third-order valence-corrected chi connectivity index (χ3v) is 5.27. The molecule has 21 heavy (non-hydrogen) atoms. The Morgan fingerprint density at radius 2 is 2.00 bits per heavy atom. The van der Waals surface area contributed by atoms with Crippen LogP contribution in [0, 0.1) is 19.8 Å². The zero-order valence-electron chi connectivity index (χ0n) is 14.6. The minimum Gasteiger partial charge on any atom is -0.310 e. The number of aryl methyl sites for hydroxylation is 1. The lowest BCUT2D eigenvalue weighted by molar-refractivity contribution is 0.244. The van der Waals surface area contributed by atoms with E-state index in [1.165, 1.54) is 49.1 Å². The number of hydrogen-bond acceptors (Lipinski definition) is 2. The van der Waals surface area contributed by atoms with Gasteiger partial charge in [-0.05, 0) is 45.6 Å². The van der Waals surface area contributed by atoms with Gasteiger partial charge in [0.1, 0.15) is 0 Å². The van der Waals surface area contributed by atoms with Crippen LogP contribution in [0.4, 0.5) is 0 Å². The van der Waals surface area contributed by atoms with Gasteiger partial charge < -0.3 is 5.32 Å². The van der Waals surface area contributed by atoms with Gasteiger partial charge in [-0.2, -0.15) is 5.10 Å². The second-order valence-electron chi connectivity index (χ2n) is 6.64. The minimum atomic E-state index is 0.453. The zero-order chi connectivity index (χ0) is 15.4. The largest absolute Gasteiger partial charge is 0.310 e. The van der Waals surface area contributed by atoms with Gasteiger partial charge in [0.05, 0.1) is 11.7 Å². The van der Waals surface area contributed by atoms with Gasteiger partial charge in [-0.1, -0.05) is 40.0 Å². The topological polar surface area (TPSA) is 29.9 Å². The lowest BCUT2D eigenvalue weighted by Gasteiger charge is -2.29. The summed E-state index contributed by atoms with van der Waals surface area (Å²) in [6.45, 7) is 12.2. The maximum atomic E-state index is 4.93. The van der Waals surface area contributed by atoms with Crippen LogP contribution in [-0.4, -0.2) is 16.3 Å². The molecule has 0 spiro atoms. The van der Waals surface area contributed by atoms with Crippen molar-refractivity contribution in [3.63, 3.8) is 0 Å². The Hall–Kier alpha value is -0.830. The summed E-state index contributed by atoms with van der Waals surface area (Å²) in [6.07, 6.45) is 7.84. The normalized spacial score (nSPS) is 24.2. The maximum absolute atomic E-state index is 4.93. The van der Waals surface area contributed by atoms with E-state index in [-0.39, 0.29) is 0 Å². The Morgan fingerprint density at radius 1 is 1.24 bits per heavy atom. The van der Waals surface area contributed by atoms with Gasteiger partial charge in [-0.15, -0.1) is 0 Å². The first-order chi connectivity index (χ1) is 10.1. The van der Waals surface area contributed by atoms with Gasteiger partial charge in [0.25, 0.3) is 0 Å². The Labute approximate surface area is 130 Å². The molecule has 120 valence electrons. The molecule has 0 radical (unpaired) electrons. The highest BCUT2D eigenvalue weighted by Gasteiger charge is 2.27. The lowest BCUT2D eigenvalue weighted by atomic mass is 9.84. The van der Waals surface area contributed by atoms with Crippen LogP contribution in [-0.2, 0) is 0 Å². The molecule has 0 aliphatic heterocycles. The smallest absolute Gasteiger partial charge is 0.0644 e. The molecule has 0 aromatic carbocycles. The van der Waals surface area contributed by atoms with Gasteiger partial charge in [-0.25, -0.2) is 0 Å². The van der Waals surface area contributed by atoms with E-state index < -0.39 is 0 Å². The van der Waals surface area contributed by atoms with Crippen LogP contribution >= 0.6 is 0 Å². The SMILES string of the molecule is CCNC(CC)c1c(C)nn(C2CCCC(CC)C2)c1C. The van der Waals surface area contributed by atoms with Gasteiger partial charge >= 0.3 is 0 Å². The third kappa shape index (κ3) is 3.50. The fraction of sp³-hybridized carbons (Fsp3) is 0.833. The van der Waals surface area contributed by atoms with Gasteiger partial charge in [-0.3, -0.25) is 4.68 Å². The average Bonchev–Trinajstić information content (AvgIpc) is 2.80. The first-order valence-corrected chi connectivity index (χ1v) is 8.91. The highest BCUT2D eigenvalue weighted by atomic mass is 15.3. The summed E-state index contributed by atoms with van der Waals surface area (Å²) < 4.78 is 2.35.